The second-order valence-corrected chi connectivity index (χ2v) is 3.55. The summed E-state index contributed by atoms with van der Waals surface area (Å²) >= 11 is 0. The number of benzene rings is 1. The van der Waals surface area contributed by atoms with Crippen LogP contribution in [-0.2, 0) is 4.79 Å². The molecular weight excluding hydrogens is 275 g/mol. The fourth-order valence-corrected chi connectivity index (χ4v) is 1.34. The lowest BCUT2D eigenvalue weighted by atomic mass is 10.1. The Balaban J connectivity index is 3.31. The summed E-state index contributed by atoms with van der Waals surface area (Å²) < 4.78 is 38.5. The van der Waals surface area contributed by atoms with Gasteiger partial charge in [0.05, 0.1) is 11.6 Å². The van der Waals surface area contributed by atoms with E-state index in [0.717, 1.165) is 6.07 Å². The Bertz CT molecular complexity index is 615. The van der Waals surface area contributed by atoms with Crippen molar-refractivity contribution in [1.29, 1.82) is 10.7 Å². The predicted molar refractivity (Wildman–Crippen MR) is 64.3 cm³/mol. The Morgan fingerprint density at radius 2 is 2.10 bits per heavy atom. The third-order valence-electron chi connectivity index (χ3n) is 2.19. The van der Waals surface area contributed by atoms with Gasteiger partial charge in [0.2, 0.25) is 0 Å². The van der Waals surface area contributed by atoms with E-state index in [4.69, 9.17) is 15.8 Å². The van der Waals surface area contributed by atoms with E-state index in [1.54, 1.807) is 6.07 Å². The van der Waals surface area contributed by atoms with Gasteiger partial charge in [-0.15, -0.1) is 0 Å². The Kier molecular flexibility index (Phi) is 4.48. The van der Waals surface area contributed by atoms with Gasteiger partial charge in [0, 0.05) is 11.9 Å². The molecule has 8 heteroatoms. The van der Waals surface area contributed by atoms with Gasteiger partial charge < -0.3 is 15.8 Å². The number of nitrogens with one attached hydrogen (secondary N) is 2. The molecule has 0 aliphatic rings. The van der Waals surface area contributed by atoms with Crippen LogP contribution in [0.5, 0.6) is 0 Å². The lowest BCUT2D eigenvalue weighted by molar-refractivity contribution is -0.133. The molecule has 0 aliphatic heterocycles. The fourth-order valence-electron chi connectivity index (χ4n) is 1.34. The molecule has 3 N–H and O–H groups in total. The molecule has 104 valence electrons. The van der Waals surface area contributed by atoms with E-state index in [2.05, 4.69) is 0 Å². The summed E-state index contributed by atoms with van der Waals surface area (Å²) in [7, 11) is 0. The van der Waals surface area contributed by atoms with E-state index in [1.807, 2.05) is 5.32 Å². The Morgan fingerprint density at radius 1 is 1.45 bits per heavy atom. The summed E-state index contributed by atoms with van der Waals surface area (Å²) in [5.41, 5.74) is -2.78. The number of allylic oxidation sites excluding steroid dienone is 1. The van der Waals surface area contributed by atoms with Crippen LogP contribution in [0.1, 0.15) is 5.56 Å². The van der Waals surface area contributed by atoms with Crippen LogP contribution in [0.4, 0.5) is 18.9 Å². The minimum Gasteiger partial charge on any atom is -0.478 e. The van der Waals surface area contributed by atoms with Crippen LogP contribution >= 0.6 is 0 Å². The fraction of sp³-hybridized carbons (Fsp3) is 0.0833. The van der Waals surface area contributed by atoms with Crippen LogP contribution in [-0.4, -0.2) is 23.5 Å². The maximum atomic E-state index is 12.8. The van der Waals surface area contributed by atoms with Gasteiger partial charge in [0.15, 0.2) is 0 Å². The van der Waals surface area contributed by atoms with Crippen molar-refractivity contribution in [1.82, 2.24) is 0 Å². The van der Waals surface area contributed by atoms with Crippen molar-refractivity contribution in [2.75, 3.05) is 5.32 Å². The number of carboxylic acid groups (broad SMARTS) is 1. The molecule has 0 bridgehead atoms. The third-order valence-corrected chi connectivity index (χ3v) is 2.19. The second-order valence-electron chi connectivity index (χ2n) is 3.55. The lowest BCUT2D eigenvalue weighted by Gasteiger charge is -2.16. The van der Waals surface area contributed by atoms with Gasteiger partial charge in [-0.25, -0.2) is 4.79 Å². The largest absolute Gasteiger partial charge is 0.478 e. The van der Waals surface area contributed by atoms with Gasteiger partial charge >= 0.3 is 12.1 Å². The van der Waals surface area contributed by atoms with Crippen LogP contribution in [0.25, 0.3) is 0 Å². The molecular formula is C12H8F3N3O2. The third kappa shape index (κ3) is 3.58. The number of anilines is 1. The molecule has 20 heavy (non-hydrogen) atoms. The highest BCUT2D eigenvalue weighted by Gasteiger charge is 2.38. The molecule has 0 atom stereocenters. The van der Waals surface area contributed by atoms with Crippen LogP contribution in [0.15, 0.2) is 35.5 Å². The average molecular weight is 283 g/mol. The Labute approximate surface area is 111 Å². The van der Waals surface area contributed by atoms with Gasteiger partial charge in [-0.2, -0.15) is 18.4 Å². The van der Waals surface area contributed by atoms with Crippen LogP contribution < -0.4 is 5.32 Å². The van der Waals surface area contributed by atoms with Gasteiger partial charge in [-0.3, -0.25) is 0 Å². The first-order chi connectivity index (χ1) is 9.29. The quantitative estimate of drug-likeness (QED) is 0.584. The maximum Gasteiger partial charge on any atom is 0.432 e. The van der Waals surface area contributed by atoms with E-state index in [0.29, 0.717) is 0 Å². The molecule has 0 aliphatic carbocycles. The minimum atomic E-state index is -4.98. The summed E-state index contributed by atoms with van der Waals surface area (Å²) in [6.45, 7) is 0. The highest BCUT2D eigenvalue weighted by Crippen LogP contribution is 2.29. The monoisotopic (exact) mass is 283 g/mol. The molecule has 0 fully saturated rings. The highest BCUT2D eigenvalue weighted by atomic mass is 19.4. The number of nitrogens with zero attached hydrogens (tertiary/aromatic N) is 1. The molecule has 5 nitrogen and oxygen atoms in total. The van der Waals surface area contributed by atoms with Crippen molar-refractivity contribution in [3.05, 3.63) is 41.1 Å². The summed E-state index contributed by atoms with van der Waals surface area (Å²) in [5.74, 6) is -1.88. The summed E-state index contributed by atoms with van der Waals surface area (Å²) in [6.07, 6.45) is -4.87. The Morgan fingerprint density at radius 3 is 2.55 bits per heavy atom. The van der Waals surface area contributed by atoms with Crippen molar-refractivity contribution >= 4 is 17.9 Å². The smallest absolute Gasteiger partial charge is 0.432 e. The molecule has 0 spiro atoms. The van der Waals surface area contributed by atoms with Crippen molar-refractivity contribution in [3.63, 3.8) is 0 Å². The SMILES string of the molecule is N#Cc1cccc(N/C(=C(\C=N)C(=O)O)C(F)(F)F)c1. The van der Waals surface area contributed by atoms with Crippen LogP contribution in [0, 0.1) is 16.7 Å². The zero-order valence-electron chi connectivity index (χ0n) is 9.82. The highest BCUT2D eigenvalue weighted by molar-refractivity contribution is 6.09. The molecule has 1 aromatic rings. The summed E-state index contributed by atoms with van der Waals surface area (Å²) in [4.78, 5) is 10.7. The maximum absolute atomic E-state index is 12.8. The van der Waals surface area contributed by atoms with Crippen molar-refractivity contribution in [2.45, 2.75) is 6.18 Å². The number of hydrogen-bond donors (Lipinski definition) is 3. The van der Waals surface area contributed by atoms with Crippen molar-refractivity contribution in [2.24, 2.45) is 0 Å². The topological polar surface area (TPSA) is 97.0 Å². The lowest BCUT2D eigenvalue weighted by Crippen LogP contribution is -2.24. The number of carbonyl (C=O) groups is 1. The first-order valence-electron chi connectivity index (χ1n) is 5.12. The predicted octanol–water partition coefficient (Wildman–Crippen LogP) is 2.52. The molecule has 0 unspecified atom stereocenters. The average Bonchev–Trinajstić information content (AvgIpc) is 2.37. The normalized spacial score (nSPS) is 12.1. The van der Waals surface area contributed by atoms with Gasteiger partial charge in [-0.1, -0.05) is 6.07 Å². The number of rotatable bonds is 4. The second kappa shape index (κ2) is 5.88. The van der Waals surface area contributed by atoms with Crippen molar-refractivity contribution in [3.8, 4) is 6.07 Å². The van der Waals surface area contributed by atoms with Crippen LogP contribution in [0.3, 0.4) is 0 Å². The van der Waals surface area contributed by atoms with E-state index in [-0.39, 0.29) is 17.5 Å². The van der Waals surface area contributed by atoms with Crippen molar-refractivity contribution < 1.29 is 23.1 Å². The molecule has 0 amide bonds. The molecule has 0 heterocycles. The van der Waals surface area contributed by atoms with Gasteiger partial charge in [0.1, 0.15) is 11.3 Å². The van der Waals surface area contributed by atoms with E-state index >= 15 is 0 Å². The van der Waals surface area contributed by atoms with E-state index < -0.39 is 23.4 Å². The Hall–Kier alpha value is -2.82. The number of carboxylic acids is 1. The molecule has 0 aromatic heterocycles. The number of hydrogen-bond acceptors (Lipinski definition) is 4. The number of alkyl halides is 3. The zero-order valence-corrected chi connectivity index (χ0v) is 9.82. The molecule has 0 radical (unpaired) electrons. The number of halogens is 3. The van der Waals surface area contributed by atoms with E-state index in [1.165, 1.54) is 18.2 Å². The first-order valence-corrected chi connectivity index (χ1v) is 5.12. The standard InChI is InChI=1S/C12H8F3N3O2/c13-12(14,15)10(9(6-17)11(19)20)18-8-3-1-2-7(4-8)5-16/h1-4,6,17-18H,(H,19,20)/b10-9+,17-6?. The minimum absolute atomic E-state index is 0.100. The van der Waals surface area contributed by atoms with E-state index in [9.17, 15) is 18.0 Å². The number of nitriles is 1. The molecule has 1 rings (SSSR count). The van der Waals surface area contributed by atoms with Gasteiger partial charge in [-0.05, 0) is 18.2 Å². The molecule has 0 saturated heterocycles. The van der Waals surface area contributed by atoms with Gasteiger partial charge in [0.25, 0.3) is 0 Å². The summed E-state index contributed by atoms with van der Waals surface area (Å²) in [5, 5.41) is 26.0. The summed E-state index contributed by atoms with van der Waals surface area (Å²) in [6, 6.07) is 6.86. The first kappa shape index (κ1) is 15.2. The molecule has 0 saturated carbocycles. The molecule has 1 aromatic carbocycles. The number of aliphatic carboxylic acids is 1. The van der Waals surface area contributed by atoms with Crippen LogP contribution in [0.2, 0.25) is 0 Å². The zero-order chi connectivity index (χ0) is 15.3.